The minimum absolute atomic E-state index is 0.114. The predicted octanol–water partition coefficient (Wildman–Crippen LogP) is 1.40. The van der Waals surface area contributed by atoms with E-state index in [1.54, 1.807) is 17.6 Å². The molecule has 2 aromatic rings. The Kier molecular flexibility index (Phi) is 3.56. The lowest BCUT2D eigenvalue weighted by atomic mass is 9.85. The second-order valence-corrected chi connectivity index (χ2v) is 7.47. The molecule has 0 fully saturated rings. The third-order valence-electron chi connectivity index (χ3n) is 6.19. The van der Waals surface area contributed by atoms with Gasteiger partial charge in [-0.05, 0) is 29.7 Å². The number of anilines is 1. The summed E-state index contributed by atoms with van der Waals surface area (Å²) in [5.41, 5.74) is 9.58. The van der Waals surface area contributed by atoms with E-state index in [9.17, 15) is 14.7 Å². The molecular weight excluding hydrogens is 358 g/mol. The average Bonchev–Trinajstić information content (AvgIpc) is 3.08. The average molecular weight is 379 g/mol. The van der Waals surface area contributed by atoms with Gasteiger partial charge in [0.2, 0.25) is 0 Å². The standard InChI is InChI=1S/C21H21N3O4/c1-2-21(27)15-7-17-18-13(9-24(17)19(25)14(15)10-28-20(21)26)12(8-22)11-5-3-4-6-16(11)23-18/h3-7,18,23,27H,2,8-10,22H2,1H3/t18?,21-/m0/s1. The van der Waals surface area contributed by atoms with Crippen molar-refractivity contribution in [2.24, 2.45) is 5.73 Å². The highest BCUT2D eigenvalue weighted by atomic mass is 16.6. The Morgan fingerprint density at radius 1 is 1.36 bits per heavy atom. The van der Waals surface area contributed by atoms with Crippen LogP contribution >= 0.6 is 0 Å². The summed E-state index contributed by atoms with van der Waals surface area (Å²) in [5, 5.41) is 14.4. The van der Waals surface area contributed by atoms with Gasteiger partial charge < -0.3 is 25.5 Å². The van der Waals surface area contributed by atoms with Crippen LogP contribution in [0, 0.1) is 0 Å². The van der Waals surface area contributed by atoms with Crippen molar-refractivity contribution in [1.29, 1.82) is 0 Å². The molecule has 1 aromatic heterocycles. The zero-order valence-corrected chi connectivity index (χ0v) is 15.5. The maximum Gasteiger partial charge on any atom is 0.343 e. The number of nitrogens with two attached hydrogens (primary N) is 1. The van der Waals surface area contributed by atoms with Crippen LogP contribution in [0.3, 0.4) is 0 Å². The van der Waals surface area contributed by atoms with Gasteiger partial charge in [-0.2, -0.15) is 0 Å². The van der Waals surface area contributed by atoms with Crippen molar-refractivity contribution in [2.75, 3.05) is 11.9 Å². The minimum atomic E-state index is -1.79. The van der Waals surface area contributed by atoms with Crippen molar-refractivity contribution in [3.8, 4) is 0 Å². The number of ether oxygens (including phenoxy) is 1. The molecule has 144 valence electrons. The maximum atomic E-state index is 13.2. The van der Waals surface area contributed by atoms with Crippen molar-refractivity contribution in [2.45, 2.75) is 38.1 Å². The van der Waals surface area contributed by atoms with E-state index in [0.717, 1.165) is 28.1 Å². The number of pyridine rings is 1. The highest BCUT2D eigenvalue weighted by molar-refractivity contribution is 5.85. The molecule has 1 unspecified atom stereocenters. The summed E-state index contributed by atoms with van der Waals surface area (Å²) in [5.74, 6) is -0.704. The number of nitrogens with zero attached hydrogens (tertiary/aromatic N) is 1. The Bertz CT molecular complexity index is 1120. The van der Waals surface area contributed by atoms with Crippen molar-refractivity contribution in [3.63, 3.8) is 0 Å². The number of esters is 1. The van der Waals surface area contributed by atoms with Crippen molar-refractivity contribution in [1.82, 2.24) is 4.57 Å². The zero-order chi connectivity index (χ0) is 19.6. The summed E-state index contributed by atoms with van der Waals surface area (Å²) in [6.07, 6.45) is 0.138. The molecule has 3 aliphatic rings. The van der Waals surface area contributed by atoms with Crippen LogP contribution in [0.2, 0.25) is 0 Å². The van der Waals surface area contributed by atoms with Crippen LogP contribution in [-0.4, -0.2) is 22.2 Å². The summed E-state index contributed by atoms with van der Waals surface area (Å²) in [6.45, 7) is 2.39. The van der Waals surface area contributed by atoms with Gasteiger partial charge in [0, 0.05) is 35.6 Å². The second kappa shape index (κ2) is 5.80. The van der Waals surface area contributed by atoms with Gasteiger partial charge in [0.25, 0.3) is 5.56 Å². The van der Waals surface area contributed by atoms with E-state index in [-0.39, 0.29) is 24.6 Å². The molecule has 4 heterocycles. The van der Waals surface area contributed by atoms with E-state index in [2.05, 4.69) is 5.32 Å². The summed E-state index contributed by atoms with van der Waals surface area (Å²) in [4.78, 5) is 25.4. The zero-order valence-electron chi connectivity index (χ0n) is 15.5. The molecule has 0 radical (unpaired) electrons. The number of carbonyl (C=O) groups is 1. The molecule has 3 aliphatic heterocycles. The van der Waals surface area contributed by atoms with Crippen molar-refractivity contribution < 1.29 is 14.6 Å². The van der Waals surface area contributed by atoms with Gasteiger partial charge in [-0.25, -0.2) is 4.79 Å². The van der Waals surface area contributed by atoms with E-state index >= 15 is 0 Å². The van der Waals surface area contributed by atoms with Crippen molar-refractivity contribution >= 4 is 17.2 Å². The third kappa shape index (κ3) is 2.05. The molecule has 1 aromatic carbocycles. The first-order valence-electron chi connectivity index (χ1n) is 9.44. The molecule has 0 spiro atoms. The van der Waals surface area contributed by atoms with E-state index in [1.165, 1.54) is 0 Å². The van der Waals surface area contributed by atoms with Crippen LogP contribution in [-0.2, 0) is 28.3 Å². The fraction of sp³-hybridized carbons (Fsp3) is 0.333. The molecule has 4 N–H and O–H groups in total. The van der Waals surface area contributed by atoms with E-state index < -0.39 is 11.6 Å². The number of aliphatic hydroxyl groups is 1. The van der Waals surface area contributed by atoms with Gasteiger partial charge >= 0.3 is 5.97 Å². The van der Waals surface area contributed by atoms with Crippen LogP contribution in [0.25, 0.3) is 5.57 Å². The molecule has 0 saturated heterocycles. The van der Waals surface area contributed by atoms with Crippen molar-refractivity contribution in [3.05, 3.63) is 68.6 Å². The molecule has 2 atom stereocenters. The first-order valence-corrected chi connectivity index (χ1v) is 9.44. The van der Waals surface area contributed by atoms with Crippen LogP contribution in [0.4, 0.5) is 5.69 Å². The first-order chi connectivity index (χ1) is 13.5. The molecule has 5 rings (SSSR count). The highest BCUT2D eigenvalue weighted by Gasteiger charge is 2.46. The summed E-state index contributed by atoms with van der Waals surface area (Å²) >= 11 is 0. The van der Waals surface area contributed by atoms with Gasteiger partial charge in [-0.1, -0.05) is 25.1 Å². The lowest BCUT2D eigenvalue weighted by Gasteiger charge is -2.32. The van der Waals surface area contributed by atoms with Gasteiger partial charge in [-0.15, -0.1) is 0 Å². The Labute approximate surface area is 161 Å². The number of cyclic esters (lactones) is 1. The Morgan fingerprint density at radius 2 is 2.14 bits per heavy atom. The monoisotopic (exact) mass is 379 g/mol. The highest BCUT2D eigenvalue weighted by Crippen LogP contribution is 2.45. The number of carbonyl (C=O) groups excluding carboxylic acids is 1. The number of aromatic nitrogens is 1. The number of fused-ring (bicyclic) bond motifs is 5. The van der Waals surface area contributed by atoms with Crippen LogP contribution in [0.15, 0.2) is 40.7 Å². The Morgan fingerprint density at radius 3 is 2.89 bits per heavy atom. The van der Waals surface area contributed by atoms with Crippen LogP contribution < -0.4 is 16.6 Å². The van der Waals surface area contributed by atoms with E-state index in [0.29, 0.717) is 24.2 Å². The van der Waals surface area contributed by atoms with Gasteiger partial charge in [0.05, 0.1) is 11.6 Å². The molecule has 28 heavy (non-hydrogen) atoms. The second-order valence-electron chi connectivity index (χ2n) is 7.47. The topological polar surface area (TPSA) is 107 Å². The van der Waals surface area contributed by atoms with E-state index in [1.807, 2.05) is 24.3 Å². The van der Waals surface area contributed by atoms with Gasteiger partial charge in [0.15, 0.2) is 5.60 Å². The molecular formula is C21H21N3O4. The Balaban J connectivity index is 1.75. The smallest absolute Gasteiger partial charge is 0.343 e. The third-order valence-corrected chi connectivity index (χ3v) is 6.19. The lowest BCUT2D eigenvalue weighted by molar-refractivity contribution is -0.172. The fourth-order valence-corrected chi connectivity index (χ4v) is 4.63. The molecule has 0 bridgehead atoms. The maximum absolute atomic E-state index is 13.2. The van der Waals surface area contributed by atoms with Gasteiger partial charge in [-0.3, -0.25) is 4.79 Å². The lowest BCUT2D eigenvalue weighted by Crippen LogP contribution is -2.44. The number of benzene rings is 1. The molecule has 7 heteroatoms. The van der Waals surface area contributed by atoms with Crippen LogP contribution in [0.1, 0.15) is 41.8 Å². The Hall–Kier alpha value is -2.90. The fourth-order valence-electron chi connectivity index (χ4n) is 4.63. The normalized spacial score (nSPS) is 24.7. The summed E-state index contributed by atoms with van der Waals surface area (Å²) < 4.78 is 6.81. The molecule has 0 amide bonds. The summed E-state index contributed by atoms with van der Waals surface area (Å²) in [7, 11) is 0. The quantitative estimate of drug-likeness (QED) is 0.681. The number of hydrogen-bond donors (Lipinski definition) is 3. The van der Waals surface area contributed by atoms with Gasteiger partial charge in [0.1, 0.15) is 6.61 Å². The minimum Gasteiger partial charge on any atom is -0.458 e. The number of hydrogen-bond acceptors (Lipinski definition) is 6. The number of rotatable bonds is 2. The van der Waals surface area contributed by atoms with Crippen LogP contribution in [0.5, 0.6) is 0 Å². The number of para-hydroxylation sites is 1. The SMILES string of the molecule is CC[C@@]1(O)C(=O)OCc2c1cc1n(c2=O)CC2=C(CN)c3ccccc3NC21. The molecule has 0 aliphatic carbocycles. The molecule has 0 saturated carbocycles. The summed E-state index contributed by atoms with van der Waals surface area (Å²) in [6, 6.07) is 9.49. The largest absolute Gasteiger partial charge is 0.458 e. The van der Waals surface area contributed by atoms with E-state index in [4.69, 9.17) is 10.5 Å². The molecule has 7 nitrogen and oxygen atoms in total. The number of nitrogens with one attached hydrogen (secondary N) is 1. The first kappa shape index (κ1) is 17.2. The predicted molar refractivity (Wildman–Crippen MR) is 103 cm³/mol.